The van der Waals surface area contributed by atoms with Gasteiger partial charge < -0.3 is 10.2 Å². The maximum atomic E-state index is 13.5. The molecule has 1 fully saturated rings. The molecule has 1 saturated carbocycles. The van der Waals surface area contributed by atoms with Crippen LogP contribution in [0.3, 0.4) is 0 Å². The maximum Gasteiger partial charge on any atom is 0.242 e. The van der Waals surface area contributed by atoms with E-state index in [1.54, 1.807) is 49.1 Å². The van der Waals surface area contributed by atoms with E-state index in [2.05, 4.69) is 5.32 Å². The number of benzene rings is 2. The molecule has 0 aliphatic heterocycles. The fourth-order valence-electron chi connectivity index (χ4n) is 4.79. The summed E-state index contributed by atoms with van der Waals surface area (Å²) < 4.78 is 26.5. The Labute approximate surface area is 236 Å². The van der Waals surface area contributed by atoms with E-state index in [9.17, 15) is 18.0 Å². The van der Waals surface area contributed by atoms with Crippen LogP contribution in [0.1, 0.15) is 63.0 Å². The fraction of sp³-hybridized carbons (Fsp3) is 0.500. The lowest BCUT2D eigenvalue weighted by molar-refractivity contribution is -0.141. The zero-order valence-electron chi connectivity index (χ0n) is 22.3. The molecular formula is C28H37Cl2N3O4S. The van der Waals surface area contributed by atoms with Gasteiger partial charge in [0.1, 0.15) is 6.04 Å². The summed E-state index contributed by atoms with van der Waals surface area (Å²) in [4.78, 5) is 28.2. The van der Waals surface area contributed by atoms with E-state index in [1.807, 2.05) is 12.1 Å². The summed E-state index contributed by atoms with van der Waals surface area (Å²) in [5.74, 6) is -0.394. The van der Waals surface area contributed by atoms with Crippen LogP contribution in [0, 0.1) is 6.92 Å². The molecular weight excluding hydrogens is 545 g/mol. The molecule has 0 bridgehead atoms. The van der Waals surface area contributed by atoms with Crippen molar-refractivity contribution < 1.29 is 18.0 Å². The van der Waals surface area contributed by atoms with Crippen LogP contribution in [0.2, 0.25) is 10.0 Å². The molecule has 1 unspecified atom stereocenters. The second-order valence-electron chi connectivity index (χ2n) is 9.99. The van der Waals surface area contributed by atoms with Crippen LogP contribution < -0.4 is 9.62 Å². The first-order valence-corrected chi connectivity index (χ1v) is 15.6. The van der Waals surface area contributed by atoms with Gasteiger partial charge in [-0.1, -0.05) is 60.7 Å². The minimum Gasteiger partial charge on any atom is -0.352 e. The smallest absolute Gasteiger partial charge is 0.242 e. The van der Waals surface area contributed by atoms with Gasteiger partial charge in [0, 0.05) is 35.6 Å². The van der Waals surface area contributed by atoms with Gasteiger partial charge in [-0.3, -0.25) is 13.9 Å². The number of amides is 2. The molecule has 0 radical (unpaired) electrons. The van der Waals surface area contributed by atoms with E-state index in [-0.39, 0.29) is 43.8 Å². The van der Waals surface area contributed by atoms with Crippen molar-refractivity contribution in [1.29, 1.82) is 0 Å². The number of carbonyl (C=O) groups is 2. The average Bonchev–Trinajstić information content (AvgIpc) is 2.87. The predicted octanol–water partition coefficient (Wildman–Crippen LogP) is 5.71. The summed E-state index contributed by atoms with van der Waals surface area (Å²) in [6.07, 6.45) is 6.78. The van der Waals surface area contributed by atoms with Crippen LogP contribution in [0.4, 0.5) is 5.69 Å². The molecule has 3 rings (SSSR count). The highest BCUT2D eigenvalue weighted by atomic mass is 35.5. The van der Waals surface area contributed by atoms with Gasteiger partial charge in [-0.15, -0.1) is 0 Å². The molecule has 7 nitrogen and oxygen atoms in total. The Balaban J connectivity index is 1.73. The van der Waals surface area contributed by atoms with Crippen molar-refractivity contribution in [2.75, 3.05) is 17.1 Å². The Morgan fingerprint density at radius 1 is 1.05 bits per heavy atom. The molecule has 2 aromatic rings. The summed E-state index contributed by atoms with van der Waals surface area (Å²) in [7, 11) is -3.60. The van der Waals surface area contributed by atoms with Crippen molar-refractivity contribution in [3.05, 3.63) is 63.6 Å². The first-order chi connectivity index (χ1) is 18.0. The standard InChI is InChI=1S/C28H37Cl2N3O4S/c1-20-25(30)11-7-12-26(20)33(38(3,36)37)18-8-13-27(34)32(19-22-14-16-23(29)17-15-22)21(2)28(35)31-24-9-5-4-6-10-24/h7,11-12,14-17,21,24H,4-6,8-10,13,18-19H2,1-3H3,(H,31,35). The van der Waals surface area contributed by atoms with E-state index in [4.69, 9.17) is 23.2 Å². The summed E-state index contributed by atoms with van der Waals surface area (Å²) in [6, 6.07) is 11.7. The second kappa shape index (κ2) is 13.7. The van der Waals surface area contributed by atoms with E-state index in [1.165, 1.54) is 10.7 Å². The average molecular weight is 583 g/mol. The molecule has 38 heavy (non-hydrogen) atoms. The van der Waals surface area contributed by atoms with Crippen LogP contribution in [0.25, 0.3) is 0 Å². The SMILES string of the molecule is Cc1c(Cl)cccc1N(CCCC(=O)N(Cc1ccc(Cl)cc1)C(C)C(=O)NC1CCCCC1)S(C)(=O)=O. The van der Waals surface area contributed by atoms with Crippen LogP contribution in [0.5, 0.6) is 0 Å². The first kappa shape index (κ1) is 30.3. The molecule has 1 atom stereocenters. The number of anilines is 1. The molecule has 0 spiro atoms. The van der Waals surface area contributed by atoms with Crippen molar-refractivity contribution in [3.8, 4) is 0 Å². The fourth-order valence-corrected chi connectivity index (χ4v) is 6.10. The van der Waals surface area contributed by atoms with Crippen molar-refractivity contribution in [1.82, 2.24) is 10.2 Å². The monoisotopic (exact) mass is 581 g/mol. The molecule has 2 amide bonds. The van der Waals surface area contributed by atoms with Gasteiger partial charge >= 0.3 is 0 Å². The lowest BCUT2D eigenvalue weighted by Gasteiger charge is -2.31. The van der Waals surface area contributed by atoms with E-state index in [0.29, 0.717) is 21.3 Å². The summed E-state index contributed by atoms with van der Waals surface area (Å²) >= 11 is 12.3. The van der Waals surface area contributed by atoms with Gasteiger partial charge in [-0.05, 0) is 68.5 Å². The van der Waals surface area contributed by atoms with Gasteiger partial charge in [-0.25, -0.2) is 8.42 Å². The molecule has 0 aromatic heterocycles. The Bertz CT molecular complexity index is 1220. The Morgan fingerprint density at radius 3 is 2.34 bits per heavy atom. The third-order valence-electron chi connectivity index (χ3n) is 7.04. The van der Waals surface area contributed by atoms with Gasteiger partial charge in [0.25, 0.3) is 0 Å². The molecule has 2 aromatic carbocycles. The zero-order valence-corrected chi connectivity index (χ0v) is 24.6. The summed E-state index contributed by atoms with van der Waals surface area (Å²) in [5, 5.41) is 4.18. The predicted molar refractivity (Wildman–Crippen MR) is 154 cm³/mol. The summed E-state index contributed by atoms with van der Waals surface area (Å²) in [6.45, 7) is 3.87. The second-order valence-corrected chi connectivity index (χ2v) is 12.7. The molecule has 1 N–H and O–H groups in total. The van der Waals surface area contributed by atoms with Crippen molar-refractivity contribution in [2.45, 2.75) is 77.4 Å². The summed E-state index contributed by atoms with van der Waals surface area (Å²) in [5.41, 5.74) is 2.00. The van der Waals surface area contributed by atoms with Crippen LogP contribution in [-0.4, -0.2) is 50.0 Å². The number of nitrogens with zero attached hydrogens (tertiary/aromatic N) is 2. The van der Waals surface area contributed by atoms with Gasteiger partial charge in [0.05, 0.1) is 11.9 Å². The lowest BCUT2D eigenvalue weighted by atomic mass is 9.95. The molecule has 1 aliphatic rings. The first-order valence-electron chi connectivity index (χ1n) is 13.0. The molecule has 208 valence electrons. The molecule has 0 saturated heterocycles. The number of hydrogen-bond donors (Lipinski definition) is 1. The third kappa shape index (κ3) is 8.35. The lowest BCUT2D eigenvalue weighted by Crippen LogP contribution is -2.50. The van der Waals surface area contributed by atoms with Crippen molar-refractivity contribution in [3.63, 3.8) is 0 Å². The number of hydrogen-bond acceptors (Lipinski definition) is 4. The minimum atomic E-state index is -3.60. The normalized spacial score (nSPS) is 15.1. The highest BCUT2D eigenvalue weighted by Gasteiger charge is 2.28. The van der Waals surface area contributed by atoms with Crippen molar-refractivity contribution >= 4 is 50.7 Å². The molecule has 10 heteroatoms. The minimum absolute atomic E-state index is 0.0836. The third-order valence-corrected chi connectivity index (χ3v) is 8.89. The van der Waals surface area contributed by atoms with Crippen LogP contribution in [0.15, 0.2) is 42.5 Å². The Kier molecular flexibility index (Phi) is 10.9. The van der Waals surface area contributed by atoms with E-state index < -0.39 is 16.1 Å². The van der Waals surface area contributed by atoms with Crippen LogP contribution in [-0.2, 0) is 26.2 Å². The maximum absolute atomic E-state index is 13.5. The quantitative estimate of drug-likeness (QED) is 0.368. The number of rotatable bonds is 11. The Hall–Kier alpha value is -2.29. The number of halogens is 2. The zero-order chi connectivity index (χ0) is 27.9. The van der Waals surface area contributed by atoms with Gasteiger partial charge in [0.2, 0.25) is 21.8 Å². The van der Waals surface area contributed by atoms with Gasteiger partial charge in [0.15, 0.2) is 0 Å². The Morgan fingerprint density at radius 2 is 1.71 bits per heavy atom. The largest absolute Gasteiger partial charge is 0.352 e. The topological polar surface area (TPSA) is 86.8 Å². The van der Waals surface area contributed by atoms with Crippen LogP contribution >= 0.6 is 23.2 Å². The number of sulfonamides is 1. The number of carbonyl (C=O) groups excluding carboxylic acids is 2. The number of nitrogens with one attached hydrogen (secondary N) is 1. The van der Waals surface area contributed by atoms with E-state index >= 15 is 0 Å². The van der Waals surface area contributed by atoms with Gasteiger partial charge in [-0.2, -0.15) is 0 Å². The highest BCUT2D eigenvalue weighted by Crippen LogP contribution is 2.28. The molecule has 1 aliphatic carbocycles. The molecule has 0 heterocycles. The highest BCUT2D eigenvalue weighted by molar-refractivity contribution is 7.92. The van der Waals surface area contributed by atoms with Crippen molar-refractivity contribution in [2.24, 2.45) is 0 Å². The van der Waals surface area contributed by atoms with E-state index in [0.717, 1.165) is 37.5 Å².